The van der Waals surface area contributed by atoms with Crippen LogP contribution in [0.2, 0.25) is 0 Å². The molecule has 18 heavy (non-hydrogen) atoms. The maximum atomic E-state index is 11.5. The number of nitrogens with two attached hydrogens (primary N) is 1. The van der Waals surface area contributed by atoms with Gasteiger partial charge < -0.3 is 15.0 Å². The van der Waals surface area contributed by atoms with Gasteiger partial charge in [-0.15, -0.1) is 5.10 Å². The minimum absolute atomic E-state index is 0.155. The summed E-state index contributed by atoms with van der Waals surface area (Å²) in [5.74, 6) is -0.176. The first-order valence-electron chi connectivity index (χ1n) is 5.22. The first-order chi connectivity index (χ1) is 8.76. The summed E-state index contributed by atoms with van der Waals surface area (Å²) in [6.07, 6.45) is 1.74. The fourth-order valence-corrected chi connectivity index (χ4v) is 1.49. The Balaban J connectivity index is 2.29. The largest absolute Gasteiger partial charge is 0.464 e. The molecule has 0 radical (unpaired) electrons. The molecule has 2 rings (SSSR count). The monoisotopic (exact) mass is 252 g/mol. The SMILES string of the molecule is COC(=O)c1nnn(Cc2ncno2)c1CCN. The Morgan fingerprint density at radius 1 is 1.61 bits per heavy atom. The fourth-order valence-electron chi connectivity index (χ4n) is 1.49. The third-order valence-corrected chi connectivity index (χ3v) is 2.29. The number of hydrogen-bond donors (Lipinski definition) is 1. The van der Waals surface area contributed by atoms with Crippen LogP contribution in [0.15, 0.2) is 10.9 Å². The van der Waals surface area contributed by atoms with E-state index < -0.39 is 5.97 Å². The van der Waals surface area contributed by atoms with Crippen molar-refractivity contribution in [1.29, 1.82) is 0 Å². The molecule has 2 aromatic rings. The zero-order chi connectivity index (χ0) is 13.0. The van der Waals surface area contributed by atoms with Crippen LogP contribution in [0.5, 0.6) is 0 Å². The molecule has 0 bridgehead atoms. The molecular formula is C9H12N6O3. The van der Waals surface area contributed by atoms with Gasteiger partial charge in [0.05, 0.1) is 12.8 Å². The Labute approximate surface area is 102 Å². The van der Waals surface area contributed by atoms with Crippen molar-refractivity contribution in [3.8, 4) is 0 Å². The fraction of sp³-hybridized carbons (Fsp3) is 0.444. The summed E-state index contributed by atoms with van der Waals surface area (Å²) in [7, 11) is 1.28. The number of aromatic nitrogens is 5. The number of methoxy groups -OCH3 is 1. The van der Waals surface area contributed by atoms with Crippen molar-refractivity contribution in [1.82, 2.24) is 25.1 Å². The third-order valence-electron chi connectivity index (χ3n) is 2.29. The lowest BCUT2D eigenvalue weighted by atomic mass is 10.2. The first-order valence-corrected chi connectivity index (χ1v) is 5.22. The van der Waals surface area contributed by atoms with Crippen molar-refractivity contribution in [3.63, 3.8) is 0 Å². The van der Waals surface area contributed by atoms with Gasteiger partial charge in [-0.05, 0) is 6.54 Å². The Morgan fingerprint density at radius 2 is 2.44 bits per heavy atom. The van der Waals surface area contributed by atoms with Crippen LogP contribution in [0.3, 0.4) is 0 Å². The van der Waals surface area contributed by atoms with Crippen LogP contribution in [-0.4, -0.2) is 44.8 Å². The van der Waals surface area contributed by atoms with Gasteiger partial charge in [0.2, 0.25) is 5.89 Å². The van der Waals surface area contributed by atoms with Crippen LogP contribution in [0.4, 0.5) is 0 Å². The highest BCUT2D eigenvalue weighted by Crippen LogP contribution is 2.09. The van der Waals surface area contributed by atoms with Crippen LogP contribution < -0.4 is 5.73 Å². The molecule has 9 heteroatoms. The number of hydrogen-bond acceptors (Lipinski definition) is 8. The van der Waals surface area contributed by atoms with Crippen molar-refractivity contribution < 1.29 is 14.1 Å². The number of carbonyl (C=O) groups excluding carboxylic acids is 1. The maximum Gasteiger partial charge on any atom is 0.360 e. The van der Waals surface area contributed by atoms with Crippen LogP contribution in [0.25, 0.3) is 0 Å². The zero-order valence-electron chi connectivity index (χ0n) is 9.74. The average molecular weight is 252 g/mol. The van der Waals surface area contributed by atoms with Crippen LogP contribution >= 0.6 is 0 Å². The molecule has 0 amide bonds. The lowest BCUT2D eigenvalue weighted by Crippen LogP contribution is -2.14. The van der Waals surface area contributed by atoms with Gasteiger partial charge in [-0.2, -0.15) is 4.98 Å². The van der Waals surface area contributed by atoms with Gasteiger partial charge in [0, 0.05) is 6.42 Å². The standard InChI is InChI=1S/C9H12N6O3/c1-17-9(16)8-6(2-3-10)15(14-13-8)4-7-11-5-12-18-7/h5H,2-4,10H2,1H3. The molecule has 96 valence electrons. The summed E-state index contributed by atoms with van der Waals surface area (Å²) >= 11 is 0. The quantitative estimate of drug-likeness (QED) is 0.672. The van der Waals surface area contributed by atoms with Gasteiger partial charge in [-0.1, -0.05) is 10.4 Å². The molecule has 0 aliphatic rings. The molecule has 2 aromatic heterocycles. The van der Waals surface area contributed by atoms with Crippen molar-refractivity contribution in [2.75, 3.05) is 13.7 Å². The second kappa shape index (κ2) is 5.36. The highest BCUT2D eigenvalue weighted by Gasteiger charge is 2.20. The van der Waals surface area contributed by atoms with E-state index in [0.717, 1.165) is 0 Å². The molecular weight excluding hydrogens is 240 g/mol. The van der Waals surface area contributed by atoms with Crippen molar-refractivity contribution >= 4 is 5.97 Å². The summed E-state index contributed by atoms with van der Waals surface area (Å²) in [6.45, 7) is 0.598. The van der Waals surface area contributed by atoms with Gasteiger partial charge in [0.1, 0.15) is 6.54 Å². The summed E-state index contributed by atoms with van der Waals surface area (Å²) < 4.78 is 11.0. The predicted octanol–water partition coefficient (Wildman–Crippen LogP) is -1.00. The Bertz CT molecular complexity index is 520. The minimum Gasteiger partial charge on any atom is -0.464 e. The highest BCUT2D eigenvalue weighted by molar-refractivity contribution is 5.88. The van der Waals surface area contributed by atoms with Crippen molar-refractivity contribution in [2.45, 2.75) is 13.0 Å². The molecule has 0 aliphatic heterocycles. The van der Waals surface area contributed by atoms with E-state index in [9.17, 15) is 4.79 Å². The number of nitrogens with zero attached hydrogens (tertiary/aromatic N) is 5. The Hall–Kier alpha value is -2.29. The molecule has 0 atom stereocenters. The van der Waals surface area contributed by atoms with E-state index in [4.69, 9.17) is 10.3 Å². The van der Waals surface area contributed by atoms with Gasteiger partial charge >= 0.3 is 5.97 Å². The molecule has 0 saturated heterocycles. The summed E-state index contributed by atoms with van der Waals surface area (Å²) in [6, 6.07) is 0. The lowest BCUT2D eigenvalue weighted by Gasteiger charge is -2.03. The van der Waals surface area contributed by atoms with E-state index in [1.54, 1.807) is 0 Å². The Morgan fingerprint density at radius 3 is 3.06 bits per heavy atom. The van der Waals surface area contributed by atoms with E-state index in [1.807, 2.05) is 0 Å². The number of rotatable bonds is 5. The predicted molar refractivity (Wildman–Crippen MR) is 57.5 cm³/mol. The second-order valence-corrected chi connectivity index (χ2v) is 3.41. The molecule has 0 spiro atoms. The molecule has 0 aromatic carbocycles. The topological polar surface area (TPSA) is 122 Å². The van der Waals surface area contributed by atoms with E-state index in [-0.39, 0.29) is 12.2 Å². The second-order valence-electron chi connectivity index (χ2n) is 3.41. The molecule has 0 unspecified atom stereocenters. The zero-order valence-corrected chi connectivity index (χ0v) is 9.74. The third kappa shape index (κ3) is 2.35. The van der Waals surface area contributed by atoms with Crippen molar-refractivity contribution in [2.24, 2.45) is 5.73 Å². The van der Waals surface area contributed by atoms with E-state index in [1.165, 1.54) is 18.1 Å². The normalized spacial score (nSPS) is 10.6. The number of ether oxygens (including phenoxy) is 1. The van der Waals surface area contributed by atoms with Gasteiger partial charge in [0.15, 0.2) is 12.0 Å². The molecule has 2 N–H and O–H groups in total. The summed E-state index contributed by atoms with van der Waals surface area (Å²) in [5.41, 5.74) is 6.24. The van der Waals surface area contributed by atoms with E-state index in [2.05, 4.69) is 25.2 Å². The average Bonchev–Trinajstić information content (AvgIpc) is 3.01. The molecule has 9 nitrogen and oxygen atoms in total. The number of carbonyl (C=O) groups is 1. The van der Waals surface area contributed by atoms with E-state index in [0.29, 0.717) is 24.6 Å². The molecule has 0 fully saturated rings. The van der Waals surface area contributed by atoms with Crippen LogP contribution in [0.1, 0.15) is 22.1 Å². The van der Waals surface area contributed by atoms with Gasteiger partial charge in [-0.3, -0.25) is 0 Å². The summed E-state index contributed by atoms with van der Waals surface area (Å²) in [5, 5.41) is 11.1. The van der Waals surface area contributed by atoms with Gasteiger partial charge in [-0.25, -0.2) is 9.48 Å². The van der Waals surface area contributed by atoms with E-state index >= 15 is 0 Å². The minimum atomic E-state index is -0.546. The molecule has 0 saturated carbocycles. The molecule has 2 heterocycles. The van der Waals surface area contributed by atoms with Crippen LogP contribution in [0, 0.1) is 0 Å². The summed E-state index contributed by atoms with van der Waals surface area (Å²) in [4.78, 5) is 15.4. The first kappa shape index (κ1) is 12.2. The smallest absolute Gasteiger partial charge is 0.360 e. The van der Waals surface area contributed by atoms with Crippen LogP contribution in [-0.2, 0) is 17.7 Å². The Kier molecular flexibility index (Phi) is 3.63. The highest BCUT2D eigenvalue weighted by atomic mass is 16.5. The number of esters is 1. The van der Waals surface area contributed by atoms with Crippen molar-refractivity contribution in [3.05, 3.63) is 23.6 Å². The lowest BCUT2D eigenvalue weighted by molar-refractivity contribution is 0.0592. The molecule has 0 aliphatic carbocycles. The maximum absolute atomic E-state index is 11.5. The van der Waals surface area contributed by atoms with Gasteiger partial charge in [0.25, 0.3) is 0 Å².